The van der Waals surface area contributed by atoms with E-state index in [2.05, 4.69) is 28.1 Å². The van der Waals surface area contributed by atoms with Crippen molar-refractivity contribution in [1.82, 2.24) is 9.97 Å². The number of fused-ring (bicyclic) bond motifs is 1. The summed E-state index contributed by atoms with van der Waals surface area (Å²) >= 11 is 0. The van der Waals surface area contributed by atoms with Gasteiger partial charge in [0.05, 0.1) is 17.1 Å². The molecule has 0 fully saturated rings. The molecule has 2 aromatic rings. The van der Waals surface area contributed by atoms with Gasteiger partial charge in [-0.1, -0.05) is 19.3 Å². The van der Waals surface area contributed by atoms with Crippen LogP contribution in [0.3, 0.4) is 0 Å². The third-order valence-corrected chi connectivity index (χ3v) is 2.97. The Kier molecular flexibility index (Phi) is 4.16. The fraction of sp³-hybridized carbons (Fsp3) is 0.267. The van der Waals surface area contributed by atoms with Crippen molar-refractivity contribution < 1.29 is 9.90 Å². The summed E-state index contributed by atoms with van der Waals surface area (Å²) in [5.41, 5.74) is 0.777. The van der Waals surface area contributed by atoms with Crippen molar-refractivity contribution >= 4 is 22.7 Å². The maximum atomic E-state index is 11.0. The fourth-order valence-corrected chi connectivity index (χ4v) is 1.96. The maximum Gasteiger partial charge on any atom is 0.335 e. The number of nitrogens with one attached hydrogen (secondary N) is 1. The molecule has 0 radical (unpaired) electrons. The van der Waals surface area contributed by atoms with Gasteiger partial charge >= 0.3 is 5.97 Å². The van der Waals surface area contributed by atoms with Gasteiger partial charge in [-0.3, -0.25) is 0 Å². The summed E-state index contributed by atoms with van der Waals surface area (Å²) in [5.74, 6) is 2.33. The number of aromatic carboxylic acids is 1. The molecule has 1 heterocycles. The second kappa shape index (κ2) is 6.02. The molecule has 0 aliphatic rings. The van der Waals surface area contributed by atoms with E-state index < -0.39 is 5.97 Å². The zero-order valence-electron chi connectivity index (χ0n) is 11.1. The molecule has 1 aromatic heterocycles. The van der Waals surface area contributed by atoms with Crippen molar-refractivity contribution in [2.75, 3.05) is 5.32 Å². The lowest BCUT2D eigenvalue weighted by Gasteiger charge is -2.14. The highest BCUT2D eigenvalue weighted by Crippen LogP contribution is 2.21. The first kappa shape index (κ1) is 13.8. The van der Waals surface area contributed by atoms with Crippen LogP contribution in [0.25, 0.3) is 10.9 Å². The van der Waals surface area contributed by atoms with Crippen LogP contribution in [0.15, 0.2) is 24.5 Å². The highest BCUT2D eigenvalue weighted by molar-refractivity contribution is 5.96. The first-order chi connectivity index (χ1) is 9.65. The van der Waals surface area contributed by atoms with Gasteiger partial charge in [0, 0.05) is 5.39 Å². The molecule has 0 aliphatic carbocycles. The average molecular weight is 269 g/mol. The van der Waals surface area contributed by atoms with Crippen molar-refractivity contribution in [3.05, 3.63) is 30.1 Å². The Morgan fingerprint density at radius 2 is 2.30 bits per heavy atom. The van der Waals surface area contributed by atoms with E-state index in [9.17, 15) is 4.79 Å². The summed E-state index contributed by atoms with van der Waals surface area (Å²) in [6.07, 6.45) is 8.69. The number of terminal acetylenes is 1. The van der Waals surface area contributed by atoms with Crippen LogP contribution in [0.1, 0.15) is 30.1 Å². The molecule has 0 bridgehead atoms. The Morgan fingerprint density at radius 3 is 2.95 bits per heavy atom. The zero-order valence-corrected chi connectivity index (χ0v) is 11.1. The first-order valence-electron chi connectivity index (χ1n) is 6.36. The summed E-state index contributed by atoms with van der Waals surface area (Å²) in [6, 6.07) is 4.65. The second-order valence-corrected chi connectivity index (χ2v) is 4.41. The molecule has 2 rings (SSSR count). The van der Waals surface area contributed by atoms with Crippen LogP contribution >= 0.6 is 0 Å². The SMILES string of the molecule is C#CC(CCC)Nc1ncnc2cc(C(=O)O)ccc12. The number of nitrogens with zero attached hydrogens (tertiary/aromatic N) is 2. The van der Waals surface area contributed by atoms with Crippen LogP contribution in [0.4, 0.5) is 5.82 Å². The van der Waals surface area contributed by atoms with E-state index in [0.717, 1.165) is 18.2 Å². The highest BCUT2D eigenvalue weighted by Gasteiger charge is 2.10. The molecule has 1 atom stereocenters. The third-order valence-electron chi connectivity index (χ3n) is 2.97. The van der Waals surface area contributed by atoms with Gasteiger partial charge in [0.1, 0.15) is 12.1 Å². The number of carbonyl (C=O) groups is 1. The van der Waals surface area contributed by atoms with Gasteiger partial charge in [-0.05, 0) is 24.6 Å². The van der Waals surface area contributed by atoms with Crippen molar-refractivity contribution in [1.29, 1.82) is 0 Å². The van der Waals surface area contributed by atoms with E-state index in [1.807, 2.05) is 0 Å². The molecule has 5 nitrogen and oxygen atoms in total. The van der Waals surface area contributed by atoms with Crippen LogP contribution < -0.4 is 5.32 Å². The van der Waals surface area contributed by atoms with Crippen LogP contribution in [0.5, 0.6) is 0 Å². The van der Waals surface area contributed by atoms with Crippen molar-refractivity contribution in [2.24, 2.45) is 0 Å². The number of hydrogen-bond acceptors (Lipinski definition) is 4. The Morgan fingerprint density at radius 1 is 1.50 bits per heavy atom. The molecular weight excluding hydrogens is 254 g/mol. The number of carboxylic acids is 1. The lowest BCUT2D eigenvalue weighted by Crippen LogP contribution is -2.17. The predicted octanol–water partition coefficient (Wildman–Crippen LogP) is 2.54. The molecule has 5 heteroatoms. The predicted molar refractivity (Wildman–Crippen MR) is 77.6 cm³/mol. The summed E-state index contributed by atoms with van der Waals surface area (Å²) in [6.45, 7) is 2.06. The van der Waals surface area contributed by atoms with Gasteiger partial charge in [-0.2, -0.15) is 0 Å². The van der Waals surface area contributed by atoms with E-state index in [-0.39, 0.29) is 11.6 Å². The Balaban J connectivity index is 2.40. The zero-order chi connectivity index (χ0) is 14.5. The van der Waals surface area contributed by atoms with Gasteiger partial charge in [-0.15, -0.1) is 6.42 Å². The number of carboxylic acid groups (broad SMARTS) is 1. The molecule has 20 heavy (non-hydrogen) atoms. The van der Waals surface area contributed by atoms with Gasteiger partial charge in [0.25, 0.3) is 0 Å². The largest absolute Gasteiger partial charge is 0.478 e. The lowest BCUT2D eigenvalue weighted by atomic mass is 10.1. The Hall–Kier alpha value is -2.61. The van der Waals surface area contributed by atoms with Crippen molar-refractivity contribution in [3.63, 3.8) is 0 Å². The minimum Gasteiger partial charge on any atom is -0.478 e. The molecule has 2 N–H and O–H groups in total. The van der Waals surface area contributed by atoms with Gasteiger partial charge in [0.2, 0.25) is 0 Å². The summed E-state index contributed by atoms with van der Waals surface area (Å²) in [7, 11) is 0. The van der Waals surface area contributed by atoms with E-state index in [4.69, 9.17) is 11.5 Å². The van der Waals surface area contributed by atoms with Crippen LogP contribution in [-0.2, 0) is 0 Å². The van der Waals surface area contributed by atoms with Crippen LogP contribution in [-0.4, -0.2) is 27.1 Å². The molecule has 0 saturated carbocycles. The number of aromatic nitrogens is 2. The normalized spacial score (nSPS) is 11.8. The number of anilines is 1. The smallest absolute Gasteiger partial charge is 0.335 e. The quantitative estimate of drug-likeness (QED) is 0.816. The van der Waals surface area contributed by atoms with Gasteiger partial charge in [-0.25, -0.2) is 14.8 Å². The molecule has 102 valence electrons. The maximum absolute atomic E-state index is 11.0. The number of hydrogen-bond donors (Lipinski definition) is 2. The average Bonchev–Trinajstić information content (AvgIpc) is 2.46. The first-order valence-corrected chi connectivity index (χ1v) is 6.36. The summed E-state index contributed by atoms with van der Waals surface area (Å²) in [5, 5.41) is 12.9. The minimum atomic E-state index is -0.979. The molecule has 0 aliphatic heterocycles. The summed E-state index contributed by atoms with van der Waals surface area (Å²) in [4.78, 5) is 19.2. The monoisotopic (exact) mass is 269 g/mol. The Labute approximate surface area is 117 Å². The van der Waals surface area contributed by atoms with Gasteiger partial charge in [0.15, 0.2) is 0 Å². The van der Waals surface area contributed by atoms with Crippen LogP contribution in [0, 0.1) is 12.3 Å². The van der Waals surface area contributed by atoms with E-state index in [1.54, 1.807) is 6.07 Å². The van der Waals surface area contributed by atoms with E-state index in [1.165, 1.54) is 18.5 Å². The van der Waals surface area contributed by atoms with E-state index >= 15 is 0 Å². The highest BCUT2D eigenvalue weighted by atomic mass is 16.4. The fourth-order valence-electron chi connectivity index (χ4n) is 1.96. The van der Waals surface area contributed by atoms with E-state index in [0.29, 0.717) is 11.3 Å². The molecule has 1 aromatic carbocycles. The van der Waals surface area contributed by atoms with Gasteiger partial charge < -0.3 is 10.4 Å². The molecule has 0 amide bonds. The van der Waals surface area contributed by atoms with Crippen molar-refractivity contribution in [3.8, 4) is 12.3 Å². The van der Waals surface area contributed by atoms with Crippen molar-refractivity contribution in [2.45, 2.75) is 25.8 Å². The lowest BCUT2D eigenvalue weighted by molar-refractivity contribution is 0.0697. The van der Waals surface area contributed by atoms with Crippen LogP contribution in [0.2, 0.25) is 0 Å². The Bertz CT molecular complexity index is 676. The number of rotatable bonds is 5. The summed E-state index contributed by atoms with van der Waals surface area (Å²) < 4.78 is 0. The molecule has 0 spiro atoms. The topological polar surface area (TPSA) is 75.1 Å². The molecule has 1 unspecified atom stereocenters. The third kappa shape index (κ3) is 2.86. The standard InChI is InChI=1S/C15H15N3O2/c1-3-5-11(4-2)18-14-12-7-6-10(15(19)20)8-13(12)16-9-17-14/h2,6-9,11H,3,5H2,1H3,(H,19,20)(H,16,17,18). The molecular formula is C15H15N3O2. The minimum absolute atomic E-state index is 0.0998. The molecule has 0 saturated heterocycles. The number of benzene rings is 1. The second-order valence-electron chi connectivity index (χ2n) is 4.41.